The summed E-state index contributed by atoms with van der Waals surface area (Å²) in [5, 5.41) is 22.6. The molecule has 1 amide bonds. The molecular weight excluding hydrogens is 352 g/mol. The van der Waals surface area contributed by atoms with Crippen LogP contribution in [0.3, 0.4) is 0 Å². The topological polar surface area (TPSA) is 82.4 Å². The van der Waals surface area contributed by atoms with Crippen molar-refractivity contribution in [1.82, 2.24) is 5.32 Å². The summed E-state index contributed by atoms with van der Waals surface area (Å²) in [6.45, 7) is 7.74. The summed E-state index contributed by atoms with van der Waals surface area (Å²) in [6, 6.07) is 14.6. The van der Waals surface area contributed by atoms with Crippen LogP contribution in [0, 0.1) is 11.3 Å². The van der Waals surface area contributed by atoms with E-state index in [0.717, 1.165) is 5.56 Å². The molecule has 5 heteroatoms. The van der Waals surface area contributed by atoms with Crippen molar-refractivity contribution in [3.63, 3.8) is 0 Å². The molecule has 5 nitrogen and oxygen atoms in total. The van der Waals surface area contributed by atoms with Crippen molar-refractivity contribution in [2.75, 3.05) is 6.61 Å². The largest absolute Gasteiger partial charge is 0.504 e. The maximum atomic E-state index is 12.6. The van der Waals surface area contributed by atoms with Crippen molar-refractivity contribution in [1.29, 1.82) is 5.26 Å². The fourth-order valence-electron chi connectivity index (χ4n) is 2.76. The minimum absolute atomic E-state index is 0.0273. The molecule has 0 aliphatic rings. The number of ether oxygens (including phenoxy) is 1. The summed E-state index contributed by atoms with van der Waals surface area (Å²) >= 11 is 0. The lowest BCUT2D eigenvalue weighted by Crippen LogP contribution is -2.27. The van der Waals surface area contributed by atoms with Crippen molar-refractivity contribution in [3.05, 3.63) is 77.4 Å². The lowest BCUT2D eigenvalue weighted by Gasteiger charge is -2.14. The third kappa shape index (κ3) is 5.24. The number of allylic oxidation sites excluding steroid dienone is 1. The molecule has 28 heavy (non-hydrogen) atoms. The molecule has 0 aromatic heterocycles. The van der Waals surface area contributed by atoms with E-state index in [9.17, 15) is 15.2 Å². The van der Waals surface area contributed by atoms with Crippen molar-refractivity contribution in [3.8, 4) is 17.6 Å². The fraction of sp³-hybridized carbons (Fsp3) is 0.217. The van der Waals surface area contributed by atoms with E-state index in [4.69, 9.17) is 4.74 Å². The minimum atomic E-state index is -0.463. The number of phenols is 1. The van der Waals surface area contributed by atoms with Crippen LogP contribution in [-0.4, -0.2) is 17.6 Å². The van der Waals surface area contributed by atoms with Gasteiger partial charge in [0.15, 0.2) is 11.5 Å². The highest BCUT2D eigenvalue weighted by Crippen LogP contribution is 2.33. The van der Waals surface area contributed by atoms with Gasteiger partial charge in [-0.3, -0.25) is 4.79 Å². The van der Waals surface area contributed by atoms with E-state index < -0.39 is 5.91 Å². The molecule has 144 valence electrons. The Hall–Kier alpha value is -3.52. The molecule has 0 aliphatic heterocycles. The number of benzene rings is 2. The normalized spacial score (nSPS) is 12.0. The zero-order valence-corrected chi connectivity index (χ0v) is 16.1. The van der Waals surface area contributed by atoms with Gasteiger partial charge in [-0.05, 0) is 49.6 Å². The number of nitrogens with zero attached hydrogens (tertiary/aromatic N) is 1. The van der Waals surface area contributed by atoms with Gasteiger partial charge >= 0.3 is 0 Å². The van der Waals surface area contributed by atoms with Crippen molar-refractivity contribution in [2.24, 2.45) is 0 Å². The number of aromatic hydroxyl groups is 1. The number of nitriles is 1. The number of rotatable bonds is 8. The second-order valence-electron chi connectivity index (χ2n) is 6.23. The average Bonchev–Trinajstić information content (AvgIpc) is 2.70. The Morgan fingerprint density at radius 2 is 2.07 bits per heavy atom. The number of amides is 1. The lowest BCUT2D eigenvalue weighted by atomic mass is 10.0. The molecule has 0 heterocycles. The predicted octanol–water partition coefficient (Wildman–Crippen LogP) is 4.30. The summed E-state index contributed by atoms with van der Waals surface area (Å²) in [6.07, 6.45) is 3.59. The van der Waals surface area contributed by atoms with E-state index >= 15 is 0 Å². The van der Waals surface area contributed by atoms with E-state index in [0.29, 0.717) is 29.9 Å². The van der Waals surface area contributed by atoms with Gasteiger partial charge in [-0.2, -0.15) is 5.26 Å². The summed E-state index contributed by atoms with van der Waals surface area (Å²) < 4.78 is 5.47. The third-order valence-corrected chi connectivity index (χ3v) is 4.16. The molecule has 0 aliphatic carbocycles. The first-order valence-electron chi connectivity index (χ1n) is 9.07. The molecule has 2 rings (SSSR count). The summed E-state index contributed by atoms with van der Waals surface area (Å²) in [7, 11) is 0. The molecule has 0 spiro atoms. The second-order valence-corrected chi connectivity index (χ2v) is 6.23. The van der Waals surface area contributed by atoms with Crippen molar-refractivity contribution >= 4 is 12.0 Å². The summed E-state index contributed by atoms with van der Waals surface area (Å²) in [5.41, 5.74) is 2.13. The molecule has 0 bridgehead atoms. The van der Waals surface area contributed by atoms with Gasteiger partial charge in [0.05, 0.1) is 12.6 Å². The predicted molar refractivity (Wildman–Crippen MR) is 110 cm³/mol. The van der Waals surface area contributed by atoms with E-state index in [1.807, 2.05) is 50.2 Å². The van der Waals surface area contributed by atoms with Crippen LogP contribution in [0.15, 0.2) is 60.7 Å². The SMILES string of the molecule is C=CCc1cc(/C=C(\C#N)C(=O)N[C@@H](C)c2ccccc2)cc(OCC)c1O. The van der Waals surface area contributed by atoms with Gasteiger partial charge in [0.25, 0.3) is 5.91 Å². The highest BCUT2D eigenvalue weighted by atomic mass is 16.5. The quantitative estimate of drug-likeness (QED) is 0.409. The van der Waals surface area contributed by atoms with Crippen molar-refractivity contribution in [2.45, 2.75) is 26.3 Å². The molecule has 1 atom stereocenters. The Kier molecular flexibility index (Phi) is 7.41. The Bertz CT molecular complexity index is 911. The highest BCUT2D eigenvalue weighted by Gasteiger charge is 2.15. The third-order valence-electron chi connectivity index (χ3n) is 4.16. The maximum Gasteiger partial charge on any atom is 0.262 e. The Balaban J connectivity index is 2.31. The van der Waals surface area contributed by atoms with Gasteiger partial charge in [0, 0.05) is 5.56 Å². The second kappa shape index (κ2) is 9.98. The van der Waals surface area contributed by atoms with Gasteiger partial charge in [0.2, 0.25) is 0 Å². The standard InChI is InChI=1S/C23H24N2O3/c1-4-9-19-12-17(14-21(22(19)26)28-5-2)13-20(15-24)23(27)25-16(3)18-10-7-6-8-11-18/h4,6-8,10-14,16,26H,1,5,9H2,2-3H3,(H,25,27)/b20-13+/t16-/m0/s1. The molecule has 0 fully saturated rings. The van der Waals surface area contributed by atoms with E-state index in [-0.39, 0.29) is 17.4 Å². The molecule has 2 aromatic carbocycles. The Morgan fingerprint density at radius 3 is 2.68 bits per heavy atom. The molecule has 0 saturated heterocycles. The molecule has 2 aromatic rings. The first-order valence-corrected chi connectivity index (χ1v) is 9.07. The zero-order chi connectivity index (χ0) is 20.5. The van der Waals surface area contributed by atoms with Crippen LogP contribution in [-0.2, 0) is 11.2 Å². The van der Waals surface area contributed by atoms with Crippen LogP contribution in [0.1, 0.15) is 36.6 Å². The Labute approximate surface area is 165 Å². The smallest absolute Gasteiger partial charge is 0.262 e. The molecular formula is C23H24N2O3. The number of nitrogens with one attached hydrogen (secondary N) is 1. The minimum Gasteiger partial charge on any atom is -0.504 e. The summed E-state index contributed by atoms with van der Waals surface area (Å²) in [4.78, 5) is 12.6. The van der Waals surface area contributed by atoms with Crippen LogP contribution in [0.4, 0.5) is 0 Å². The van der Waals surface area contributed by atoms with Crippen LogP contribution in [0.2, 0.25) is 0 Å². The molecule has 2 N–H and O–H groups in total. The number of phenolic OH excluding ortho intramolecular Hbond substituents is 1. The van der Waals surface area contributed by atoms with Gasteiger partial charge < -0.3 is 15.2 Å². The molecule has 0 radical (unpaired) electrons. The van der Waals surface area contributed by atoms with Gasteiger partial charge in [-0.1, -0.05) is 36.4 Å². The van der Waals surface area contributed by atoms with Crippen LogP contribution in [0.25, 0.3) is 6.08 Å². The Morgan fingerprint density at radius 1 is 1.36 bits per heavy atom. The molecule has 0 unspecified atom stereocenters. The number of carbonyl (C=O) groups is 1. The highest BCUT2D eigenvalue weighted by molar-refractivity contribution is 6.02. The van der Waals surface area contributed by atoms with Gasteiger partial charge in [0.1, 0.15) is 11.6 Å². The number of hydrogen-bond acceptors (Lipinski definition) is 4. The van der Waals surface area contributed by atoms with E-state index in [1.165, 1.54) is 6.08 Å². The van der Waals surface area contributed by atoms with Gasteiger partial charge in [-0.25, -0.2) is 0 Å². The maximum absolute atomic E-state index is 12.6. The van der Waals surface area contributed by atoms with Crippen LogP contribution in [0.5, 0.6) is 11.5 Å². The van der Waals surface area contributed by atoms with E-state index in [2.05, 4.69) is 11.9 Å². The molecule has 0 saturated carbocycles. The lowest BCUT2D eigenvalue weighted by molar-refractivity contribution is -0.117. The average molecular weight is 376 g/mol. The van der Waals surface area contributed by atoms with Crippen LogP contribution < -0.4 is 10.1 Å². The first-order chi connectivity index (χ1) is 13.5. The summed E-state index contributed by atoms with van der Waals surface area (Å²) in [5.74, 6) is -0.113. The monoisotopic (exact) mass is 376 g/mol. The zero-order valence-electron chi connectivity index (χ0n) is 16.1. The van der Waals surface area contributed by atoms with Gasteiger partial charge in [-0.15, -0.1) is 6.58 Å². The van der Waals surface area contributed by atoms with Crippen LogP contribution >= 0.6 is 0 Å². The fourth-order valence-corrected chi connectivity index (χ4v) is 2.76. The van der Waals surface area contributed by atoms with Crippen molar-refractivity contribution < 1.29 is 14.6 Å². The first kappa shape index (κ1) is 20.8. The number of carbonyl (C=O) groups excluding carboxylic acids is 1. The number of hydrogen-bond donors (Lipinski definition) is 2. The van der Waals surface area contributed by atoms with E-state index in [1.54, 1.807) is 18.2 Å².